The van der Waals surface area contributed by atoms with E-state index in [9.17, 15) is 10.1 Å². The molecule has 0 bridgehead atoms. The van der Waals surface area contributed by atoms with Crippen LogP contribution in [0.1, 0.15) is 11.1 Å². The molecule has 0 heterocycles. The fourth-order valence-electron chi connectivity index (χ4n) is 2.22. The number of nitrogens with zero attached hydrogens (tertiary/aromatic N) is 1. The Morgan fingerprint density at radius 1 is 1.19 bits per heavy atom. The van der Waals surface area contributed by atoms with Gasteiger partial charge in [0.25, 0.3) is 5.69 Å². The molecular formula is C16H19N2O3+. The van der Waals surface area contributed by atoms with Gasteiger partial charge in [0.05, 0.1) is 24.1 Å². The zero-order valence-electron chi connectivity index (χ0n) is 12.0. The van der Waals surface area contributed by atoms with Gasteiger partial charge in [-0.05, 0) is 23.8 Å². The number of nitrogens with two attached hydrogens (primary N) is 1. The summed E-state index contributed by atoms with van der Waals surface area (Å²) in [4.78, 5) is 10.6. The SMILES string of the molecule is COc1cccc(CC[NH2+]Cc2ccccc2[N+](=O)[O-])c1. The summed E-state index contributed by atoms with van der Waals surface area (Å²) in [6.45, 7) is 1.49. The predicted molar refractivity (Wildman–Crippen MR) is 80.3 cm³/mol. The minimum absolute atomic E-state index is 0.190. The lowest BCUT2D eigenvalue weighted by Crippen LogP contribution is -2.83. The Bertz CT molecular complexity index is 614. The molecule has 0 aliphatic heterocycles. The Balaban J connectivity index is 1.86. The Labute approximate surface area is 123 Å². The molecule has 0 spiro atoms. The molecule has 2 aromatic rings. The molecule has 0 radical (unpaired) electrons. The van der Waals surface area contributed by atoms with Gasteiger partial charge in [0.15, 0.2) is 0 Å². The van der Waals surface area contributed by atoms with E-state index in [2.05, 4.69) is 11.4 Å². The zero-order valence-corrected chi connectivity index (χ0v) is 12.0. The van der Waals surface area contributed by atoms with Crippen LogP contribution < -0.4 is 10.1 Å². The van der Waals surface area contributed by atoms with Gasteiger partial charge in [-0.3, -0.25) is 10.1 Å². The first kappa shape index (κ1) is 15.0. The maximum Gasteiger partial charge on any atom is 0.278 e. The third-order valence-electron chi connectivity index (χ3n) is 3.32. The van der Waals surface area contributed by atoms with Crippen molar-refractivity contribution in [2.75, 3.05) is 13.7 Å². The molecular weight excluding hydrogens is 268 g/mol. The maximum atomic E-state index is 10.9. The lowest BCUT2D eigenvalue weighted by atomic mass is 10.1. The van der Waals surface area contributed by atoms with Crippen molar-refractivity contribution in [1.82, 2.24) is 0 Å². The van der Waals surface area contributed by atoms with Crippen molar-refractivity contribution in [3.05, 3.63) is 69.8 Å². The van der Waals surface area contributed by atoms with E-state index in [1.165, 1.54) is 5.56 Å². The third-order valence-corrected chi connectivity index (χ3v) is 3.32. The monoisotopic (exact) mass is 287 g/mol. The lowest BCUT2D eigenvalue weighted by molar-refractivity contribution is -0.670. The summed E-state index contributed by atoms with van der Waals surface area (Å²) in [5, 5.41) is 13.0. The van der Waals surface area contributed by atoms with Gasteiger partial charge in [0.2, 0.25) is 0 Å². The van der Waals surface area contributed by atoms with E-state index in [4.69, 9.17) is 4.74 Å². The molecule has 0 aromatic heterocycles. The highest BCUT2D eigenvalue weighted by Crippen LogP contribution is 2.16. The molecule has 0 unspecified atom stereocenters. The molecule has 5 nitrogen and oxygen atoms in total. The van der Waals surface area contributed by atoms with Crippen molar-refractivity contribution in [3.63, 3.8) is 0 Å². The quantitative estimate of drug-likeness (QED) is 0.480. The number of benzene rings is 2. The average molecular weight is 287 g/mol. The molecule has 2 N–H and O–H groups in total. The molecule has 5 heteroatoms. The highest BCUT2D eigenvalue weighted by molar-refractivity contribution is 5.38. The number of hydrogen-bond donors (Lipinski definition) is 1. The fraction of sp³-hybridized carbons (Fsp3) is 0.250. The highest BCUT2D eigenvalue weighted by atomic mass is 16.6. The molecule has 2 aromatic carbocycles. The van der Waals surface area contributed by atoms with Gasteiger partial charge >= 0.3 is 0 Å². The Morgan fingerprint density at radius 2 is 2.00 bits per heavy atom. The number of rotatable bonds is 7. The molecule has 0 aliphatic carbocycles. The van der Waals surface area contributed by atoms with Crippen molar-refractivity contribution >= 4 is 5.69 Å². The summed E-state index contributed by atoms with van der Waals surface area (Å²) in [6, 6.07) is 14.8. The van der Waals surface area contributed by atoms with Crippen molar-refractivity contribution < 1.29 is 15.0 Å². The van der Waals surface area contributed by atoms with Crippen LogP contribution in [0, 0.1) is 10.1 Å². The topological polar surface area (TPSA) is 69.0 Å². The first-order valence-corrected chi connectivity index (χ1v) is 6.87. The van der Waals surface area contributed by atoms with Crippen LogP contribution in [0.2, 0.25) is 0 Å². The summed E-state index contributed by atoms with van der Waals surface area (Å²) < 4.78 is 5.19. The van der Waals surface area contributed by atoms with Gasteiger partial charge in [-0.1, -0.05) is 24.3 Å². The van der Waals surface area contributed by atoms with E-state index in [0.717, 1.165) is 24.3 Å². The summed E-state index contributed by atoms with van der Waals surface area (Å²) in [5.74, 6) is 0.853. The van der Waals surface area contributed by atoms with E-state index in [1.807, 2.05) is 24.3 Å². The molecule has 0 amide bonds. The van der Waals surface area contributed by atoms with Crippen LogP contribution in [0.15, 0.2) is 48.5 Å². The third kappa shape index (κ3) is 4.29. The molecule has 21 heavy (non-hydrogen) atoms. The van der Waals surface area contributed by atoms with Gasteiger partial charge in [-0.15, -0.1) is 0 Å². The zero-order chi connectivity index (χ0) is 15.1. The molecule has 0 saturated heterocycles. The van der Waals surface area contributed by atoms with Gasteiger partial charge < -0.3 is 10.1 Å². The van der Waals surface area contributed by atoms with Crippen LogP contribution in [0.3, 0.4) is 0 Å². The van der Waals surface area contributed by atoms with Crippen LogP contribution in [-0.4, -0.2) is 18.6 Å². The molecule has 2 rings (SSSR count). The van der Waals surface area contributed by atoms with Gasteiger partial charge in [0.1, 0.15) is 12.3 Å². The first-order chi connectivity index (χ1) is 10.2. The van der Waals surface area contributed by atoms with Crippen LogP contribution in [0.25, 0.3) is 0 Å². The number of nitro benzene ring substituents is 1. The number of ether oxygens (including phenoxy) is 1. The smallest absolute Gasteiger partial charge is 0.278 e. The summed E-state index contributed by atoms with van der Waals surface area (Å²) in [7, 11) is 1.65. The first-order valence-electron chi connectivity index (χ1n) is 6.87. The number of nitro groups is 1. The van der Waals surface area contributed by atoms with Crippen LogP contribution in [-0.2, 0) is 13.0 Å². The second-order valence-electron chi connectivity index (χ2n) is 4.77. The number of para-hydroxylation sites is 1. The number of methoxy groups -OCH3 is 1. The molecule has 0 fully saturated rings. The Morgan fingerprint density at radius 3 is 2.76 bits per heavy atom. The van der Waals surface area contributed by atoms with Crippen molar-refractivity contribution in [3.8, 4) is 5.75 Å². The van der Waals surface area contributed by atoms with E-state index in [1.54, 1.807) is 25.3 Å². The summed E-state index contributed by atoms with van der Waals surface area (Å²) in [5.41, 5.74) is 2.15. The van der Waals surface area contributed by atoms with Crippen molar-refractivity contribution in [2.24, 2.45) is 0 Å². The van der Waals surface area contributed by atoms with Crippen LogP contribution in [0.5, 0.6) is 5.75 Å². The number of quaternary nitrogens is 1. The van der Waals surface area contributed by atoms with E-state index < -0.39 is 0 Å². The Hall–Kier alpha value is -2.40. The molecule has 0 aliphatic rings. The van der Waals surface area contributed by atoms with Crippen LogP contribution in [0.4, 0.5) is 5.69 Å². The second kappa shape index (κ2) is 7.40. The van der Waals surface area contributed by atoms with E-state index in [0.29, 0.717) is 6.54 Å². The van der Waals surface area contributed by atoms with E-state index in [-0.39, 0.29) is 10.6 Å². The standard InChI is InChI=1S/C16H18N2O3/c1-21-15-7-4-5-13(11-15)9-10-17-12-14-6-2-3-8-16(14)18(19)20/h2-8,11,17H,9-10,12H2,1H3/p+1. The predicted octanol–water partition coefficient (Wildman–Crippen LogP) is 1.91. The van der Waals surface area contributed by atoms with Crippen molar-refractivity contribution in [2.45, 2.75) is 13.0 Å². The minimum atomic E-state index is -0.328. The maximum absolute atomic E-state index is 10.9. The minimum Gasteiger partial charge on any atom is -0.497 e. The normalized spacial score (nSPS) is 10.3. The van der Waals surface area contributed by atoms with Gasteiger partial charge in [-0.25, -0.2) is 0 Å². The lowest BCUT2D eigenvalue weighted by Gasteiger charge is -2.05. The fourth-order valence-corrected chi connectivity index (χ4v) is 2.22. The number of hydrogen-bond acceptors (Lipinski definition) is 3. The van der Waals surface area contributed by atoms with Gasteiger partial charge in [0, 0.05) is 12.5 Å². The average Bonchev–Trinajstić information content (AvgIpc) is 2.52. The molecule has 0 saturated carbocycles. The van der Waals surface area contributed by atoms with Crippen LogP contribution >= 0.6 is 0 Å². The highest BCUT2D eigenvalue weighted by Gasteiger charge is 2.12. The second-order valence-corrected chi connectivity index (χ2v) is 4.77. The summed E-state index contributed by atoms with van der Waals surface area (Å²) >= 11 is 0. The van der Waals surface area contributed by atoms with Crippen molar-refractivity contribution in [1.29, 1.82) is 0 Å². The largest absolute Gasteiger partial charge is 0.497 e. The van der Waals surface area contributed by atoms with E-state index >= 15 is 0 Å². The molecule has 0 atom stereocenters. The molecule has 110 valence electrons. The summed E-state index contributed by atoms with van der Waals surface area (Å²) in [6.07, 6.45) is 0.901. The Kier molecular flexibility index (Phi) is 5.29. The van der Waals surface area contributed by atoms with Gasteiger partial charge in [-0.2, -0.15) is 0 Å².